The molecule has 2 rings (SSSR count). The average molecular weight is 154 g/mol. The Morgan fingerprint density at radius 2 is 1.91 bits per heavy atom. The van der Waals surface area contributed by atoms with Crippen molar-refractivity contribution in [1.29, 1.82) is 0 Å². The van der Waals surface area contributed by atoms with Gasteiger partial charge in [-0.2, -0.15) is 0 Å². The number of ether oxygens (including phenoxy) is 1. The molecule has 11 heavy (non-hydrogen) atoms. The van der Waals surface area contributed by atoms with Crippen LogP contribution < -0.4 is 0 Å². The molecule has 0 radical (unpaired) electrons. The lowest BCUT2D eigenvalue weighted by Crippen LogP contribution is -2.14. The lowest BCUT2D eigenvalue weighted by atomic mass is 10.1. The van der Waals surface area contributed by atoms with E-state index in [-0.39, 0.29) is 12.1 Å². The third-order valence-corrected chi connectivity index (χ3v) is 3.16. The molecule has 0 aliphatic heterocycles. The Morgan fingerprint density at radius 1 is 1.36 bits per heavy atom. The van der Waals surface area contributed by atoms with E-state index in [4.69, 9.17) is 4.74 Å². The number of carbonyl (C=O) groups excluding carboxylic acids is 1. The van der Waals surface area contributed by atoms with Crippen LogP contribution in [-0.4, -0.2) is 12.1 Å². The summed E-state index contributed by atoms with van der Waals surface area (Å²) in [5, 5.41) is 0. The number of hydrogen-bond donors (Lipinski definition) is 0. The summed E-state index contributed by atoms with van der Waals surface area (Å²) in [7, 11) is 0. The number of fused-ring (bicyclic) bond motifs is 1. The zero-order valence-electron chi connectivity index (χ0n) is 7.04. The predicted octanol–water partition coefficient (Wildman–Crippen LogP) is 1.59. The SMILES string of the molecule is CC(=O)OC1C[C@@H]2C(C)[C@@H]2C1. The van der Waals surface area contributed by atoms with E-state index in [1.165, 1.54) is 6.92 Å². The Labute approximate surface area is 66.9 Å². The van der Waals surface area contributed by atoms with Gasteiger partial charge in [-0.25, -0.2) is 0 Å². The smallest absolute Gasteiger partial charge is 0.302 e. The van der Waals surface area contributed by atoms with Crippen molar-refractivity contribution in [2.75, 3.05) is 0 Å². The summed E-state index contributed by atoms with van der Waals surface area (Å²) in [6.45, 7) is 3.78. The Hall–Kier alpha value is -0.530. The molecule has 0 saturated heterocycles. The van der Waals surface area contributed by atoms with Crippen molar-refractivity contribution in [1.82, 2.24) is 0 Å². The first-order valence-electron chi connectivity index (χ1n) is 4.35. The average Bonchev–Trinajstić information content (AvgIpc) is 2.44. The molecule has 2 unspecified atom stereocenters. The van der Waals surface area contributed by atoms with Crippen LogP contribution in [-0.2, 0) is 9.53 Å². The van der Waals surface area contributed by atoms with E-state index in [0.29, 0.717) is 0 Å². The van der Waals surface area contributed by atoms with Crippen molar-refractivity contribution in [3.05, 3.63) is 0 Å². The maximum Gasteiger partial charge on any atom is 0.302 e. The molecule has 0 aromatic rings. The molecule has 4 atom stereocenters. The summed E-state index contributed by atoms with van der Waals surface area (Å²) < 4.78 is 5.12. The van der Waals surface area contributed by atoms with Gasteiger partial charge >= 0.3 is 5.97 Å². The van der Waals surface area contributed by atoms with E-state index in [1.807, 2.05) is 0 Å². The van der Waals surface area contributed by atoms with Gasteiger partial charge in [-0.15, -0.1) is 0 Å². The van der Waals surface area contributed by atoms with Gasteiger partial charge in [0.15, 0.2) is 0 Å². The van der Waals surface area contributed by atoms with Crippen LogP contribution in [0.15, 0.2) is 0 Å². The highest BCUT2D eigenvalue weighted by molar-refractivity contribution is 5.66. The van der Waals surface area contributed by atoms with Crippen LogP contribution in [0.25, 0.3) is 0 Å². The molecule has 2 saturated carbocycles. The summed E-state index contributed by atoms with van der Waals surface area (Å²) in [4.78, 5) is 10.6. The van der Waals surface area contributed by atoms with E-state index < -0.39 is 0 Å². The fraction of sp³-hybridized carbons (Fsp3) is 0.889. The fourth-order valence-electron chi connectivity index (χ4n) is 2.45. The minimum absolute atomic E-state index is 0.121. The second-order valence-electron chi connectivity index (χ2n) is 3.89. The molecule has 2 nitrogen and oxygen atoms in total. The Balaban J connectivity index is 1.81. The number of carbonyl (C=O) groups is 1. The van der Waals surface area contributed by atoms with Gasteiger partial charge in [0.05, 0.1) is 0 Å². The zero-order chi connectivity index (χ0) is 8.01. The minimum atomic E-state index is -0.121. The quantitative estimate of drug-likeness (QED) is 0.536. The summed E-state index contributed by atoms with van der Waals surface area (Å²) in [5.74, 6) is 2.53. The molecule has 0 aromatic carbocycles. The first-order chi connectivity index (χ1) is 5.18. The van der Waals surface area contributed by atoms with E-state index in [2.05, 4.69) is 6.92 Å². The largest absolute Gasteiger partial charge is 0.463 e. The summed E-state index contributed by atoms with van der Waals surface area (Å²) in [6.07, 6.45) is 2.48. The van der Waals surface area contributed by atoms with Crippen molar-refractivity contribution in [3.63, 3.8) is 0 Å². The molecule has 0 aromatic heterocycles. The number of rotatable bonds is 1. The van der Waals surface area contributed by atoms with Gasteiger partial charge in [0.2, 0.25) is 0 Å². The summed E-state index contributed by atoms with van der Waals surface area (Å²) in [5.41, 5.74) is 0. The molecule has 0 heterocycles. The predicted molar refractivity (Wildman–Crippen MR) is 40.9 cm³/mol. The molecule has 2 fully saturated rings. The van der Waals surface area contributed by atoms with Gasteiger partial charge < -0.3 is 4.74 Å². The molecule has 0 N–H and O–H groups in total. The maximum atomic E-state index is 10.6. The van der Waals surface area contributed by atoms with E-state index >= 15 is 0 Å². The lowest BCUT2D eigenvalue weighted by molar-refractivity contribution is -0.146. The van der Waals surface area contributed by atoms with Crippen LogP contribution >= 0.6 is 0 Å². The van der Waals surface area contributed by atoms with Crippen LogP contribution in [0.5, 0.6) is 0 Å². The van der Waals surface area contributed by atoms with Crippen molar-refractivity contribution in [3.8, 4) is 0 Å². The Morgan fingerprint density at radius 3 is 2.36 bits per heavy atom. The highest BCUT2D eigenvalue weighted by Gasteiger charge is 2.53. The normalized spacial score (nSPS) is 46.7. The van der Waals surface area contributed by atoms with Gasteiger partial charge in [-0.05, 0) is 30.6 Å². The van der Waals surface area contributed by atoms with Crippen molar-refractivity contribution >= 4 is 5.97 Å². The van der Waals surface area contributed by atoms with Gasteiger partial charge in [-0.3, -0.25) is 4.79 Å². The van der Waals surface area contributed by atoms with Crippen LogP contribution in [0.1, 0.15) is 26.7 Å². The molecular formula is C9H14O2. The number of hydrogen-bond acceptors (Lipinski definition) is 2. The second-order valence-corrected chi connectivity index (χ2v) is 3.89. The van der Waals surface area contributed by atoms with Crippen molar-refractivity contribution in [2.45, 2.75) is 32.8 Å². The molecule has 0 spiro atoms. The first kappa shape index (κ1) is 7.14. The third kappa shape index (κ3) is 1.15. The molecule has 2 aliphatic rings. The van der Waals surface area contributed by atoms with E-state index in [9.17, 15) is 4.79 Å². The van der Waals surface area contributed by atoms with Crippen LogP contribution in [0.3, 0.4) is 0 Å². The highest BCUT2D eigenvalue weighted by atomic mass is 16.5. The first-order valence-corrected chi connectivity index (χ1v) is 4.35. The van der Waals surface area contributed by atoms with Gasteiger partial charge in [-0.1, -0.05) is 6.92 Å². The van der Waals surface area contributed by atoms with Gasteiger partial charge in [0.25, 0.3) is 0 Å². The molecule has 2 heteroatoms. The second kappa shape index (κ2) is 2.23. The van der Waals surface area contributed by atoms with Crippen LogP contribution in [0.2, 0.25) is 0 Å². The van der Waals surface area contributed by atoms with E-state index in [1.54, 1.807) is 0 Å². The highest BCUT2D eigenvalue weighted by Crippen LogP contribution is 2.57. The maximum absolute atomic E-state index is 10.6. The molecule has 0 bridgehead atoms. The Kier molecular flexibility index (Phi) is 1.44. The van der Waals surface area contributed by atoms with E-state index in [0.717, 1.165) is 30.6 Å². The van der Waals surface area contributed by atoms with Gasteiger partial charge in [0.1, 0.15) is 6.10 Å². The topological polar surface area (TPSA) is 26.3 Å². The minimum Gasteiger partial charge on any atom is -0.463 e. The van der Waals surface area contributed by atoms with Crippen LogP contribution in [0, 0.1) is 17.8 Å². The molecule has 0 amide bonds. The molecule has 62 valence electrons. The number of esters is 1. The molecular weight excluding hydrogens is 140 g/mol. The Bertz CT molecular complexity index is 176. The summed E-state index contributed by atoms with van der Waals surface area (Å²) in [6, 6.07) is 0. The fourth-order valence-corrected chi connectivity index (χ4v) is 2.45. The molecule has 2 aliphatic carbocycles. The van der Waals surface area contributed by atoms with Crippen molar-refractivity contribution in [2.24, 2.45) is 17.8 Å². The summed E-state index contributed by atoms with van der Waals surface area (Å²) >= 11 is 0. The van der Waals surface area contributed by atoms with Crippen molar-refractivity contribution < 1.29 is 9.53 Å². The third-order valence-electron chi connectivity index (χ3n) is 3.16. The monoisotopic (exact) mass is 154 g/mol. The zero-order valence-corrected chi connectivity index (χ0v) is 7.04. The van der Waals surface area contributed by atoms with Gasteiger partial charge in [0, 0.05) is 6.92 Å². The standard InChI is InChI=1S/C9H14O2/c1-5-8-3-7(4-9(5)8)11-6(2)10/h5,7-9H,3-4H2,1-2H3/t5?,7?,8-,9+. The van der Waals surface area contributed by atoms with Crippen LogP contribution in [0.4, 0.5) is 0 Å². The lowest BCUT2D eigenvalue weighted by Gasteiger charge is -2.12.